The molecule has 1 aromatic heterocycles. The maximum atomic E-state index is 13.6. The van der Waals surface area contributed by atoms with E-state index in [2.05, 4.69) is 22.9 Å². The molecule has 7 heteroatoms. The van der Waals surface area contributed by atoms with E-state index in [1.807, 2.05) is 38.1 Å². The molecule has 3 aromatic rings. The summed E-state index contributed by atoms with van der Waals surface area (Å²) in [7, 11) is 0. The number of carbonyl (C=O) groups excluding carboxylic acids is 1. The average Bonchev–Trinajstić information content (AvgIpc) is 3.09. The maximum absolute atomic E-state index is 13.6. The molecule has 2 heterocycles. The van der Waals surface area contributed by atoms with Gasteiger partial charge in [0, 0.05) is 17.6 Å². The highest BCUT2D eigenvalue weighted by Gasteiger charge is 2.42. The Morgan fingerprint density at radius 1 is 1.06 bits per heavy atom. The highest BCUT2D eigenvalue weighted by atomic mass is 79.9. The molecule has 0 aliphatic carbocycles. The number of ether oxygens (including phenoxy) is 2. The lowest BCUT2D eigenvalue weighted by atomic mass is 9.98. The predicted octanol–water partition coefficient (Wildman–Crippen LogP) is 6.09. The number of unbranched alkanes of at least 4 members (excludes halogenated alkanes) is 1. The molecule has 1 unspecified atom stereocenters. The minimum Gasteiger partial charge on any atom is -0.494 e. The summed E-state index contributed by atoms with van der Waals surface area (Å²) in [5, 5.41) is 0.454. The molecule has 0 radical (unpaired) electrons. The highest BCUT2D eigenvalue weighted by molar-refractivity contribution is 9.10. The van der Waals surface area contributed by atoms with Crippen LogP contribution in [0, 0.1) is 0 Å². The molecule has 1 aliphatic rings. The van der Waals surface area contributed by atoms with Crippen molar-refractivity contribution in [3.8, 4) is 5.75 Å². The van der Waals surface area contributed by atoms with E-state index < -0.39 is 6.04 Å². The molecule has 0 spiro atoms. The Morgan fingerprint density at radius 2 is 1.82 bits per heavy atom. The first-order chi connectivity index (χ1) is 16.4. The van der Waals surface area contributed by atoms with Crippen LogP contribution in [0.25, 0.3) is 11.0 Å². The highest BCUT2D eigenvalue weighted by Crippen LogP contribution is 2.39. The van der Waals surface area contributed by atoms with Crippen LogP contribution in [-0.4, -0.2) is 36.7 Å². The number of nitrogens with zero attached hydrogens (tertiary/aromatic N) is 1. The van der Waals surface area contributed by atoms with Gasteiger partial charge in [-0.2, -0.15) is 0 Å². The van der Waals surface area contributed by atoms with Crippen molar-refractivity contribution in [2.75, 3.05) is 19.8 Å². The molecule has 2 aromatic carbocycles. The van der Waals surface area contributed by atoms with Crippen LogP contribution in [0.5, 0.6) is 5.75 Å². The molecule has 180 valence electrons. The summed E-state index contributed by atoms with van der Waals surface area (Å²) in [4.78, 5) is 28.8. The Hall–Kier alpha value is -2.64. The van der Waals surface area contributed by atoms with Gasteiger partial charge in [-0.1, -0.05) is 41.4 Å². The summed E-state index contributed by atoms with van der Waals surface area (Å²) in [5.41, 5.74) is 1.46. The zero-order chi connectivity index (χ0) is 24.2. The Bertz CT molecular complexity index is 1220. The number of hydrogen-bond donors (Lipinski definition) is 0. The van der Waals surface area contributed by atoms with Crippen LogP contribution in [0.3, 0.4) is 0 Å². The smallest absolute Gasteiger partial charge is 0.290 e. The van der Waals surface area contributed by atoms with Crippen molar-refractivity contribution >= 4 is 32.8 Å². The van der Waals surface area contributed by atoms with Gasteiger partial charge in [0.15, 0.2) is 5.43 Å². The van der Waals surface area contributed by atoms with E-state index >= 15 is 0 Å². The van der Waals surface area contributed by atoms with Gasteiger partial charge in [0.2, 0.25) is 5.76 Å². The lowest BCUT2D eigenvalue weighted by Crippen LogP contribution is -2.31. The van der Waals surface area contributed by atoms with Gasteiger partial charge in [-0.15, -0.1) is 0 Å². The van der Waals surface area contributed by atoms with Crippen molar-refractivity contribution in [3.05, 3.63) is 74.0 Å². The molecule has 0 fully saturated rings. The van der Waals surface area contributed by atoms with E-state index in [9.17, 15) is 9.59 Å². The number of carbonyl (C=O) groups is 1. The second kappa shape index (κ2) is 10.7. The average molecular weight is 528 g/mol. The Balaban J connectivity index is 1.73. The monoisotopic (exact) mass is 527 g/mol. The number of hydrogen-bond acceptors (Lipinski definition) is 5. The molecular formula is C27H30BrNO5. The fourth-order valence-electron chi connectivity index (χ4n) is 4.20. The third-order valence-electron chi connectivity index (χ3n) is 5.88. The molecule has 1 amide bonds. The van der Waals surface area contributed by atoms with E-state index in [0.29, 0.717) is 42.7 Å². The first-order valence-electron chi connectivity index (χ1n) is 11.8. The minimum atomic E-state index is -0.522. The van der Waals surface area contributed by atoms with Crippen molar-refractivity contribution in [2.24, 2.45) is 0 Å². The lowest BCUT2D eigenvalue weighted by molar-refractivity contribution is 0.0593. The van der Waals surface area contributed by atoms with Crippen molar-refractivity contribution in [1.82, 2.24) is 4.90 Å². The number of benzene rings is 2. The molecule has 0 saturated carbocycles. The molecule has 34 heavy (non-hydrogen) atoms. The molecule has 0 bridgehead atoms. The van der Waals surface area contributed by atoms with Crippen molar-refractivity contribution in [2.45, 2.75) is 52.2 Å². The summed E-state index contributed by atoms with van der Waals surface area (Å²) < 4.78 is 18.2. The molecular weight excluding hydrogens is 498 g/mol. The molecule has 6 nitrogen and oxygen atoms in total. The first-order valence-corrected chi connectivity index (χ1v) is 12.6. The zero-order valence-electron chi connectivity index (χ0n) is 19.8. The second-order valence-corrected chi connectivity index (χ2v) is 9.68. The third kappa shape index (κ3) is 5.05. The predicted molar refractivity (Wildman–Crippen MR) is 136 cm³/mol. The van der Waals surface area contributed by atoms with E-state index in [1.165, 1.54) is 0 Å². The number of rotatable bonds is 10. The number of amides is 1. The fraction of sp³-hybridized carbons (Fsp3) is 0.407. The van der Waals surface area contributed by atoms with Gasteiger partial charge in [0.1, 0.15) is 11.3 Å². The van der Waals surface area contributed by atoms with Crippen molar-refractivity contribution in [3.63, 3.8) is 0 Å². The largest absolute Gasteiger partial charge is 0.494 e. The van der Waals surface area contributed by atoms with Crippen LogP contribution < -0.4 is 10.2 Å². The van der Waals surface area contributed by atoms with Crippen LogP contribution >= 0.6 is 15.9 Å². The van der Waals surface area contributed by atoms with Crippen LogP contribution in [0.2, 0.25) is 0 Å². The number of halogens is 1. The van der Waals surface area contributed by atoms with Gasteiger partial charge >= 0.3 is 0 Å². The van der Waals surface area contributed by atoms with Crippen LogP contribution in [0.15, 0.2) is 56.1 Å². The Morgan fingerprint density at radius 3 is 2.53 bits per heavy atom. The van der Waals surface area contributed by atoms with Crippen molar-refractivity contribution < 1.29 is 18.7 Å². The van der Waals surface area contributed by atoms with Crippen LogP contribution in [0.4, 0.5) is 0 Å². The SMILES string of the molecule is CCCCOc1ccc(C2c3c(oc4ccc(Br)cc4c3=O)C(=O)N2CCCOC(C)C)cc1. The zero-order valence-corrected chi connectivity index (χ0v) is 21.4. The molecule has 0 saturated heterocycles. The summed E-state index contributed by atoms with van der Waals surface area (Å²) in [6.07, 6.45) is 2.83. The Labute approximate surface area is 208 Å². The van der Waals surface area contributed by atoms with Gasteiger partial charge in [0.25, 0.3) is 5.91 Å². The van der Waals surface area contributed by atoms with Gasteiger partial charge in [-0.25, -0.2) is 0 Å². The third-order valence-corrected chi connectivity index (χ3v) is 6.38. The summed E-state index contributed by atoms with van der Waals surface area (Å²) in [6, 6.07) is 12.4. The standard InChI is InChI=1S/C27H30BrNO5/c1-4-5-14-33-20-10-7-18(8-11-20)24-23-25(30)21-16-19(28)9-12-22(21)34-26(23)27(31)29(24)13-6-15-32-17(2)3/h7-12,16-17,24H,4-6,13-15H2,1-3H3. The quantitative estimate of drug-likeness (QED) is 0.298. The topological polar surface area (TPSA) is 69.0 Å². The maximum Gasteiger partial charge on any atom is 0.290 e. The van der Waals surface area contributed by atoms with Gasteiger partial charge < -0.3 is 18.8 Å². The molecule has 4 rings (SSSR count). The molecule has 1 aliphatic heterocycles. The van der Waals surface area contributed by atoms with Crippen molar-refractivity contribution in [1.29, 1.82) is 0 Å². The minimum absolute atomic E-state index is 0.120. The number of fused-ring (bicyclic) bond motifs is 2. The van der Waals surface area contributed by atoms with E-state index in [-0.39, 0.29) is 23.2 Å². The second-order valence-electron chi connectivity index (χ2n) is 8.76. The van der Waals surface area contributed by atoms with E-state index in [1.54, 1.807) is 23.1 Å². The summed E-state index contributed by atoms with van der Waals surface area (Å²) in [5.74, 6) is 0.626. The fourth-order valence-corrected chi connectivity index (χ4v) is 4.57. The first kappa shape index (κ1) is 24.5. The van der Waals surface area contributed by atoms with Gasteiger partial charge in [-0.05, 0) is 62.6 Å². The Kier molecular flexibility index (Phi) is 7.73. The van der Waals surface area contributed by atoms with E-state index in [0.717, 1.165) is 28.6 Å². The van der Waals surface area contributed by atoms with Crippen LogP contribution in [-0.2, 0) is 4.74 Å². The molecule has 0 N–H and O–H groups in total. The van der Waals surface area contributed by atoms with Gasteiger partial charge in [-0.3, -0.25) is 9.59 Å². The normalized spacial score (nSPS) is 15.4. The van der Waals surface area contributed by atoms with Gasteiger partial charge in [0.05, 0.1) is 29.7 Å². The summed E-state index contributed by atoms with van der Waals surface area (Å²) >= 11 is 3.43. The van der Waals surface area contributed by atoms with E-state index in [4.69, 9.17) is 13.9 Å². The lowest BCUT2D eigenvalue weighted by Gasteiger charge is -2.25. The van der Waals surface area contributed by atoms with Crippen LogP contribution in [0.1, 0.15) is 67.8 Å². The summed E-state index contributed by atoms with van der Waals surface area (Å²) in [6.45, 7) is 7.73. The molecule has 1 atom stereocenters.